The largest absolute Gasteiger partial charge is 0.388 e. The summed E-state index contributed by atoms with van der Waals surface area (Å²) in [7, 11) is 0. The van der Waals surface area contributed by atoms with Crippen LogP contribution in [0.4, 0.5) is 0 Å². The zero-order chi connectivity index (χ0) is 5.86. The molecule has 0 spiro atoms. The van der Waals surface area contributed by atoms with Crippen molar-refractivity contribution in [3.8, 4) is 0 Å². The van der Waals surface area contributed by atoms with Gasteiger partial charge in [0.05, 0.1) is 6.10 Å². The molecule has 7 heavy (non-hydrogen) atoms. The summed E-state index contributed by atoms with van der Waals surface area (Å²) in [5, 5.41) is 8.68. The summed E-state index contributed by atoms with van der Waals surface area (Å²) in [5.41, 5.74) is 3.37. The normalized spacial score (nSPS) is 12.4. The molecule has 1 nitrogen and oxygen atoms in total. The summed E-state index contributed by atoms with van der Waals surface area (Å²) in [5.74, 6) is 0. The van der Waals surface area contributed by atoms with E-state index in [1.165, 1.54) is 0 Å². The minimum absolute atomic E-state index is 0.391. The summed E-state index contributed by atoms with van der Waals surface area (Å²) in [4.78, 5) is 0. The van der Waals surface area contributed by atoms with E-state index in [1.807, 2.05) is 0 Å². The Morgan fingerprint density at radius 3 is 2.29 bits per heavy atom. The third-order valence-corrected chi connectivity index (χ3v) is 0.906. The van der Waals surface area contributed by atoms with Crippen LogP contribution < -0.4 is 0 Å². The lowest BCUT2D eigenvalue weighted by atomic mass is 10.2. The van der Waals surface area contributed by atoms with E-state index < -0.39 is 6.10 Å². The van der Waals surface area contributed by atoms with Crippen LogP contribution in [0.15, 0.2) is 17.9 Å². The monoisotopic (exact) mass is 98.1 g/mol. The standard InChI is InChI=1S/C6H10O/c1-4-5(2)6(3)7/h6-7H,1H2,2-3H3/t6-/m0/s1. The van der Waals surface area contributed by atoms with Gasteiger partial charge in [-0.05, 0) is 19.4 Å². The van der Waals surface area contributed by atoms with Crippen LogP contribution in [0.1, 0.15) is 13.8 Å². The average Bonchev–Trinajstić information content (AvgIpc) is 1.65. The van der Waals surface area contributed by atoms with Gasteiger partial charge in [-0.25, -0.2) is 0 Å². The molecule has 0 bridgehead atoms. The first-order valence-corrected chi connectivity index (χ1v) is 2.23. The molecule has 0 aliphatic rings. The molecule has 0 saturated heterocycles. The average molecular weight is 98.1 g/mol. The lowest BCUT2D eigenvalue weighted by molar-refractivity contribution is 0.232. The lowest BCUT2D eigenvalue weighted by Gasteiger charge is -1.96. The van der Waals surface area contributed by atoms with Crippen molar-refractivity contribution in [2.24, 2.45) is 0 Å². The second-order valence-electron chi connectivity index (χ2n) is 1.54. The number of aliphatic hydroxyl groups excluding tert-OH is 1. The van der Waals surface area contributed by atoms with Crippen LogP contribution in [0.5, 0.6) is 0 Å². The van der Waals surface area contributed by atoms with E-state index in [9.17, 15) is 0 Å². The maximum Gasteiger partial charge on any atom is 0.0792 e. The van der Waals surface area contributed by atoms with E-state index in [0.717, 1.165) is 5.57 Å². The first-order valence-electron chi connectivity index (χ1n) is 2.23. The SMILES string of the molecule is C=C=C(C)[C@H](C)O. The molecule has 0 amide bonds. The van der Waals surface area contributed by atoms with Crippen molar-refractivity contribution < 1.29 is 5.11 Å². The van der Waals surface area contributed by atoms with Crippen LogP contribution in [-0.2, 0) is 0 Å². The smallest absolute Gasteiger partial charge is 0.0792 e. The van der Waals surface area contributed by atoms with Crippen LogP contribution >= 0.6 is 0 Å². The van der Waals surface area contributed by atoms with Gasteiger partial charge in [0.15, 0.2) is 0 Å². The lowest BCUT2D eigenvalue weighted by Crippen LogP contribution is -1.98. The molecule has 0 fully saturated rings. The summed E-state index contributed by atoms with van der Waals surface area (Å²) in [6.45, 7) is 6.84. The Labute approximate surface area is 44.0 Å². The number of hydrogen-bond acceptors (Lipinski definition) is 1. The molecule has 0 saturated carbocycles. The van der Waals surface area contributed by atoms with Gasteiger partial charge in [0, 0.05) is 0 Å². The van der Waals surface area contributed by atoms with E-state index in [1.54, 1.807) is 13.8 Å². The molecular formula is C6H10O. The maximum atomic E-state index is 8.68. The fraction of sp³-hybridized carbons (Fsp3) is 0.500. The van der Waals surface area contributed by atoms with Gasteiger partial charge in [-0.2, -0.15) is 0 Å². The summed E-state index contributed by atoms with van der Waals surface area (Å²) >= 11 is 0. The summed E-state index contributed by atoms with van der Waals surface area (Å²) < 4.78 is 0. The number of rotatable bonds is 1. The molecule has 0 aliphatic carbocycles. The van der Waals surface area contributed by atoms with Crippen molar-refractivity contribution >= 4 is 0 Å². The Hall–Kier alpha value is -0.520. The molecule has 0 rings (SSSR count). The predicted molar refractivity (Wildman–Crippen MR) is 30.0 cm³/mol. The molecule has 0 heterocycles. The Bertz CT molecular complexity index is 96.7. The summed E-state index contributed by atoms with van der Waals surface area (Å²) in [6, 6.07) is 0. The molecule has 0 unspecified atom stereocenters. The molecule has 1 N–H and O–H groups in total. The Balaban J connectivity index is 3.81. The van der Waals surface area contributed by atoms with Gasteiger partial charge in [0.2, 0.25) is 0 Å². The van der Waals surface area contributed by atoms with Gasteiger partial charge in [-0.1, -0.05) is 6.58 Å². The van der Waals surface area contributed by atoms with Crippen molar-refractivity contribution in [3.63, 3.8) is 0 Å². The Morgan fingerprint density at radius 2 is 2.29 bits per heavy atom. The fourth-order valence-electron chi connectivity index (χ4n) is 0.148. The highest BCUT2D eigenvalue weighted by molar-refractivity contribution is 4.98. The van der Waals surface area contributed by atoms with Crippen LogP contribution in [0.25, 0.3) is 0 Å². The first kappa shape index (κ1) is 6.48. The quantitative estimate of drug-likeness (QED) is 0.487. The van der Waals surface area contributed by atoms with Crippen molar-refractivity contribution in [1.82, 2.24) is 0 Å². The van der Waals surface area contributed by atoms with Gasteiger partial charge in [0.25, 0.3) is 0 Å². The second kappa shape index (κ2) is 2.62. The van der Waals surface area contributed by atoms with E-state index >= 15 is 0 Å². The van der Waals surface area contributed by atoms with Crippen LogP contribution in [0.2, 0.25) is 0 Å². The van der Waals surface area contributed by atoms with Crippen molar-refractivity contribution in [2.75, 3.05) is 0 Å². The molecule has 40 valence electrons. The van der Waals surface area contributed by atoms with Gasteiger partial charge in [-0.15, -0.1) is 5.73 Å². The Morgan fingerprint density at radius 1 is 1.86 bits per heavy atom. The molecule has 0 aromatic heterocycles. The fourth-order valence-corrected chi connectivity index (χ4v) is 0.148. The third-order valence-electron chi connectivity index (χ3n) is 0.906. The molecule has 0 radical (unpaired) electrons. The first-order chi connectivity index (χ1) is 3.18. The van der Waals surface area contributed by atoms with Gasteiger partial charge < -0.3 is 5.11 Å². The second-order valence-corrected chi connectivity index (χ2v) is 1.54. The van der Waals surface area contributed by atoms with E-state index in [2.05, 4.69) is 12.3 Å². The zero-order valence-electron chi connectivity index (χ0n) is 4.73. The predicted octanol–water partition coefficient (Wildman–Crippen LogP) is 1.10. The third kappa shape index (κ3) is 2.21. The van der Waals surface area contributed by atoms with Crippen molar-refractivity contribution in [2.45, 2.75) is 20.0 Å². The van der Waals surface area contributed by atoms with Gasteiger partial charge in [-0.3, -0.25) is 0 Å². The summed E-state index contributed by atoms with van der Waals surface area (Å²) in [6.07, 6.45) is -0.391. The van der Waals surface area contributed by atoms with Crippen LogP contribution in [0.3, 0.4) is 0 Å². The number of hydrogen-bond donors (Lipinski definition) is 1. The van der Waals surface area contributed by atoms with Crippen molar-refractivity contribution in [1.29, 1.82) is 0 Å². The highest BCUT2D eigenvalue weighted by Gasteiger charge is 1.92. The molecular weight excluding hydrogens is 88.1 g/mol. The zero-order valence-corrected chi connectivity index (χ0v) is 4.73. The van der Waals surface area contributed by atoms with E-state index in [-0.39, 0.29) is 0 Å². The Kier molecular flexibility index (Phi) is 2.42. The van der Waals surface area contributed by atoms with Gasteiger partial charge in [0.1, 0.15) is 0 Å². The topological polar surface area (TPSA) is 20.2 Å². The van der Waals surface area contributed by atoms with Crippen molar-refractivity contribution in [3.05, 3.63) is 17.9 Å². The van der Waals surface area contributed by atoms with Gasteiger partial charge >= 0.3 is 0 Å². The molecule has 1 atom stereocenters. The van der Waals surface area contributed by atoms with Crippen LogP contribution in [0, 0.1) is 0 Å². The molecule has 1 heteroatoms. The van der Waals surface area contributed by atoms with E-state index in [0.29, 0.717) is 0 Å². The van der Waals surface area contributed by atoms with E-state index in [4.69, 9.17) is 5.11 Å². The minimum Gasteiger partial charge on any atom is -0.388 e. The number of aliphatic hydroxyl groups is 1. The molecule has 0 aliphatic heterocycles. The highest BCUT2D eigenvalue weighted by Crippen LogP contribution is 1.94. The highest BCUT2D eigenvalue weighted by atomic mass is 16.3. The molecule has 0 aromatic rings. The minimum atomic E-state index is -0.391. The molecule has 0 aromatic carbocycles. The maximum absolute atomic E-state index is 8.68. The van der Waals surface area contributed by atoms with Crippen LogP contribution in [-0.4, -0.2) is 11.2 Å².